The van der Waals surface area contributed by atoms with Crippen LogP contribution in [0.5, 0.6) is 11.5 Å². The minimum absolute atomic E-state index is 0. The monoisotopic (exact) mass is 517 g/mol. The van der Waals surface area contributed by atoms with E-state index in [9.17, 15) is 18.0 Å². The van der Waals surface area contributed by atoms with E-state index in [2.05, 4.69) is 15.5 Å². The third-order valence-corrected chi connectivity index (χ3v) is 5.32. The number of anilines is 1. The van der Waals surface area contributed by atoms with Crippen LogP contribution in [0, 0.1) is 0 Å². The molecule has 1 aliphatic rings. The summed E-state index contributed by atoms with van der Waals surface area (Å²) in [6, 6.07) is 9.85. The normalized spacial score (nSPS) is 14.2. The van der Waals surface area contributed by atoms with E-state index >= 15 is 0 Å². The molecule has 7 nitrogen and oxygen atoms in total. The van der Waals surface area contributed by atoms with E-state index in [0.717, 1.165) is 63.5 Å². The summed E-state index contributed by atoms with van der Waals surface area (Å²) >= 11 is 0. The number of carbonyl (C=O) groups is 1. The van der Waals surface area contributed by atoms with Gasteiger partial charge in [-0.3, -0.25) is 9.69 Å². The molecule has 3 rings (SSSR count). The molecular weight excluding hydrogens is 487 g/mol. The van der Waals surface area contributed by atoms with Gasteiger partial charge >= 0.3 is 6.18 Å². The van der Waals surface area contributed by atoms with Gasteiger partial charge in [0.1, 0.15) is 0 Å². The minimum Gasteiger partial charge on any atom is -0.493 e. The first-order valence-electron chi connectivity index (χ1n) is 11.1. The molecule has 1 heterocycles. The summed E-state index contributed by atoms with van der Waals surface area (Å²) in [6.07, 6.45) is -3.44. The maximum Gasteiger partial charge on any atom is 0.416 e. The highest BCUT2D eigenvalue weighted by molar-refractivity contribution is 5.92. The van der Waals surface area contributed by atoms with Gasteiger partial charge in [-0.05, 0) is 55.4 Å². The molecule has 0 saturated carbocycles. The van der Waals surface area contributed by atoms with Crippen LogP contribution in [0.4, 0.5) is 18.9 Å². The lowest BCUT2D eigenvalue weighted by Crippen LogP contribution is -2.37. The van der Waals surface area contributed by atoms with Crippen molar-refractivity contribution in [2.75, 3.05) is 58.4 Å². The number of ether oxygens (including phenoxy) is 3. The topological polar surface area (TPSA) is 72.1 Å². The highest BCUT2D eigenvalue weighted by atomic mass is 35.5. The van der Waals surface area contributed by atoms with Gasteiger partial charge in [-0.15, -0.1) is 12.4 Å². The molecule has 1 fully saturated rings. The maximum absolute atomic E-state index is 12.8. The van der Waals surface area contributed by atoms with E-state index < -0.39 is 17.6 Å². The number of amides is 1. The number of alkyl halides is 3. The van der Waals surface area contributed by atoms with E-state index in [1.54, 1.807) is 6.07 Å². The van der Waals surface area contributed by atoms with Crippen molar-refractivity contribution >= 4 is 24.0 Å². The van der Waals surface area contributed by atoms with Crippen LogP contribution in [0.3, 0.4) is 0 Å². The molecule has 0 aliphatic carbocycles. The summed E-state index contributed by atoms with van der Waals surface area (Å²) < 4.78 is 54.7. The third kappa shape index (κ3) is 9.56. The molecule has 2 aromatic rings. The fourth-order valence-electron chi connectivity index (χ4n) is 3.54. The highest BCUT2D eigenvalue weighted by Crippen LogP contribution is 2.31. The fourth-order valence-corrected chi connectivity index (χ4v) is 3.54. The number of nitrogens with zero attached hydrogens (tertiary/aromatic N) is 1. The van der Waals surface area contributed by atoms with Crippen molar-refractivity contribution in [1.82, 2.24) is 10.2 Å². The summed E-state index contributed by atoms with van der Waals surface area (Å²) in [4.78, 5) is 14.5. The lowest BCUT2D eigenvalue weighted by atomic mass is 10.2. The average molecular weight is 518 g/mol. The molecule has 2 N–H and O–H groups in total. The zero-order chi connectivity index (χ0) is 24.4. The summed E-state index contributed by atoms with van der Waals surface area (Å²) in [5.41, 5.74) is 0.215. The second-order valence-corrected chi connectivity index (χ2v) is 7.88. The Kier molecular flexibility index (Phi) is 11.6. The van der Waals surface area contributed by atoms with Crippen molar-refractivity contribution < 1.29 is 32.2 Å². The molecule has 35 heavy (non-hydrogen) atoms. The van der Waals surface area contributed by atoms with E-state index in [4.69, 9.17) is 14.2 Å². The Morgan fingerprint density at radius 3 is 2.60 bits per heavy atom. The van der Waals surface area contributed by atoms with E-state index in [-0.39, 0.29) is 24.7 Å². The van der Waals surface area contributed by atoms with Gasteiger partial charge in [0.2, 0.25) is 0 Å². The predicted molar refractivity (Wildman–Crippen MR) is 129 cm³/mol. The predicted octanol–water partition coefficient (Wildman–Crippen LogP) is 3.97. The Balaban J connectivity index is 0.00000432. The molecule has 194 valence electrons. The lowest BCUT2D eigenvalue weighted by Gasteiger charge is -2.26. The van der Waals surface area contributed by atoms with Gasteiger partial charge in [0.15, 0.2) is 18.1 Å². The molecule has 1 amide bonds. The van der Waals surface area contributed by atoms with Crippen molar-refractivity contribution in [3.05, 3.63) is 53.6 Å². The van der Waals surface area contributed by atoms with Crippen LogP contribution in [0.25, 0.3) is 0 Å². The number of hydrogen-bond acceptors (Lipinski definition) is 6. The molecule has 0 atom stereocenters. The van der Waals surface area contributed by atoms with Crippen molar-refractivity contribution in [3.8, 4) is 11.5 Å². The molecule has 0 bridgehead atoms. The standard InChI is InChI=1S/C24H30F3N3O4.ClH/c1-32-22-14-18(16-28-8-3-9-30-10-12-33-13-11-30)6-7-21(22)34-17-23(31)29-20-5-2-4-19(15-20)24(25,26)27;/h2,4-7,14-15,28H,3,8-13,16-17H2,1H3,(H,29,31);1H. The van der Waals surface area contributed by atoms with E-state index in [1.807, 2.05) is 12.1 Å². The minimum atomic E-state index is -4.48. The van der Waals surface area contributed by atoms with Crippen molar-refractivity contribution in [3.63, 3.8) is 0 Å². The second-order valence-electron chi connectivity index (χ2n) is 7.88. The Hall–Kier alpha value is -2.53. The summed E-state index contributed by atoms with van der Waals surface area (Å²) in [7, 11) is 1.50. The quantitative estimate of drug-likeness (QED) is 0.440. The summed E-state index contributed by atoms with van der Waals surface area (Å²) in [5.74, 6) is 0.268. The lowest BCUT2D eigenvalue weighted by molar-refractivity contribution is -0.137. The zero-order valence-corrected chi connectivity index (χ0v) is 20.3. The number of halogens is 4. The van der Waals surface area contributed by atoms with Crippen LogP contribution in [0.2, 0.25) is 0 Å². The van der Waals surface area contributed by atoms with Gasteiger partial charge < -0.3 is 24.8 Å². The zero-order valence-electron chi connectivity index (χ0n) is 19.5. The molecule has 0 radical (unpaired) electrons. The summed E-state index contributed by atoms with van der Waals surface area (Å²) in [5, 5.41) is 5.82. The maximum atomic E-state index is 12.8. The van der Waals surface area contributed by atoms with Crippen LogP contribution in [0.15, 0.2) is 42.5 Å². The van der Waals surface area contributed by atoms with Crippen LogP contribution >= 0.6 is 12.4 Å². The second kappa shape index (κ2) is 14.1. The van der Waals surface area contributed by atoms with Crippen LogP contribution in [-0.4, -0.2) is 63.9 Å². The third-order valence-electron chi connectivity index (χ3n) is 5.32. The van der Waals surface area contributed by atoms with Gasteiger partial charge in [0.25, 0.3) is 5.91 Å². The smallest absolute Gasteiger partial charge is 0.416 e. The van der Waals surface area contributed by atoms with Crippen LogP contribution in [0.1, 0.15) is 17.5 Å². The first kappa shape index (κ1) is 28.7. The van der Waals surface area contributed by atoms with E-state index in [1.165, 1.54) is 19.2 Å². The fraction of sp³-hybridized carbons (Fsp3) is 0.458. The number of morpholine rings is 1. The molecule has 0 aromatic heterocycles. The Bertz CT molecular complexity index is 940. The van der Waals surface area contributed by atoms with Gasteiger partial charge in [0, 0.05) is 25.3 Å². The van der Waals surface area contributed by atoms with Crippen molar-refractivity contribution in [2.45, 2.75) is 19.1 Å². The SMILES string of the molecule is COc1cc(CNCCCN2CCOCC2)ccc1OCC(=O)Nc1cccc(C(F)(F)F)c1.Cl. The average Bonchev–Trinajstić information content (AvgIpc) is 2.83. The highest BCUT2D eigenvalue weighted by Gasteiger charge is 2.30. The Morgan fingerprint density at radius 1 is 1.11 bits per heavy atom. The molecule has 1 aliphatic heterocycles. The van der Waals surface area contributed by atoms with Gasteiger partial charge in [-0.1, -0.05) is 12.1 Å². The number of hydrogen-bond donors (Lipinski definition) is 2. The molecule has 2 aromatic carbocycles. The van der Waals surface area contributed by atoms with Crippen molar-refractivity contribution in [2.24, 2.45) is 0 Å². The number of methoxy groups -OCH3 is 1. The molecular formula is C24H31ClF3N3O4. The largest absolute Gasteiger partial charge is 0.493 e. The van der Waals surface area contributed by atoms with Crippen LogP contribution in [-0.2, 0) is 22.3 Å². The molecule has 11 heteroatoms. The Labute approximate surface area is 209 Å². The van der Waals surface area contributed by atoms with Crippen LogP contribution < -0.4 is 20.1 Å². The molecule has 1 saturated heterocycles. The van der Waals surface area contributed by atoms with E-state index in [0.29, 0.717) is 18.0 Å². The van der Waals surface area contributed by atoms with Crippen molar-refractivity contribution in [1.29, 1.82) is 0 Å². The first-order chi connectivity index (χ1) is 16.3. The number of carbonyl (C=O) groups excluding carboxylic acids is 1. The number of nitrogens with one attached hydrogen (secondary N) is 2. The molecule has 0 unspecified atom stereocenters. The molecule has 0 spiro atoms. The number of benzene rings is 2. The Morgan fingerprint density at radius 2 is 1.89 bits per heavy atom. The van der Waals surface area contributed by atoms with Gasteiger partial charge in [-0.25, -0.2) is 0 Å². The first-order valence-corrected chi connectivity index (χ1v) is 11.1. The summed E-state index contributed by atoms with van der Waals surface area (Å²) in [6.45, 7) is 5.78. The van der Waals surface area contributed by atoms with Gasteiger partial charge in [-0.2, -0.15) is 13.2 Å². The number of rotatable bonds is 11. The van der Waals surface area contributed by atoms with Gasteiger partial charge in [0.05, 0.1) is 25.9 Å².